The van der Waals surface area contributed by atoms with Gasteiger partial charge in [-0.25, -0.2) is 0 Å². The molecule has 4 heteroatoms. The van der Waals surface area contributed by atoms with Crippen molar-refractivity contribution in [3.05, 3.63) is 22.4 Å². The summed E-state index contributed by atoms with van der Waals surface area (Å²) in [7, 11) is 0. The number of carbonyl (C=O) groups is 1. The lowest BCUT2D eigenvalue weighted by Crippen LogP contribution is -2.24. The zero-order chi connectivity index (χ0) is 10.9. The van der Waals surface area contributed by atoms with Crippen LogP contribution in [0, 0.1) is 0 Å². The number of rotatable bonds is 7. The lowest BCUT2D eigenvalue weighted by Gasteiger charge is -2.04. The fourth-order valence-corrected chi connectivity index (χ4v) is 1.75. The summed E-state index contributed by atoms with van der Waals surface area (Å²) in [6.07, 6.45) is 1.99. The van der Waals surface area contributed by atoms with Gasteiger partial charge in [-0.15, -0.1) is 0 Å². The Hall–Kier alpha value is -0.870. The number of carbonyl (C=O) groups excluding carboxylic acids is 1. The van der Waals surface area contributed by atoms with Gasteiger partial charge in [0.2, 0.25) is 0 Å². The Morgan fingerprint density at radius 1 is 1.60 bits per heavy atom. The van der Waals surface area contributed by atoms with Gasteiger partial charge in [0, 0.05) is 6.54 Å². The Bertz CT molecular complexity index is 272. The molecule has 3 nitrogen and oxygen atoms in total. The minimum Gasteiger partial charge on any atom is -0.465 e. The highest BCUT2D eigenvalue weighted by molar-refractivity contribution is 7.07. The molecular formula is C11H17NO2S. The first-order valence-corrected chi connectivity index (χ1v) is 6.14. The molecular weight excluding hydrogens is 210 g/mol. The van der Waals surface area contributed by atoms with Gasteiger partial charge in [0.25, 0.3) is 0 Å². The fraction of sp³-hybridized carbons (Fsp3) is 0.545. The molecule has 0 saturated carbocycles. The van der Waals surface area contributed by atoms with E-state index in [0.717, 1.165) is 19.4 Å². The van der Waals surface area contributed by atoms with Gasteiger partial charge in [0.15, 0.2) is 0 Å². The van der Waals surface area contributed by atoms with Crippen LogP contribution in [0.15, 0.2) is 16.8 Å². The lowest BCUT2D eigenvalue weighted by molar-refractivity contribution is -0.142. The van der Waals surface area contributed by atoms with Gasteiger partial charge in [-0.2, -0.15) is 11.3 Å². The summed E-state index contributed by atoms with van der Waals surface area (Å²) >= 11 is 1.66. The molecule has 1 aromatic rings. The van der Waals surface area contributed by atoms with E-state index in [9.17, 15) is 4.79 Å². The summed E-state index contributed by atoms with van der Waals surface area (Å²) in [5, 5.41) is 7.14. The standard InChI is InChI=1S/C11H17NO2S/c1-2-3-5-14-11(13)8-12-7-10-4-6-15-9-10/h4,6,9,12H,2-3,5,7-8H2,1H3. The third kappa shape index (κ3) is 5.54. The average molecular weight is 227 g/mol. The lowest BCUT2D eigenvalue weighted by atomic mass is 10.3. The first-order valence-electron chi connectivity index (χ1n) is 5.20. The molecule has 0 spiro atoms. The van der Waals surface area contributed by atoms with Crippen LogP contribution in [0.1, 0.15) is 25.3 Å². The first kappa shape index (κ1) is 12.2. The smallest absolute Gasteiger partial charge is 0.319 e. The van der Waals surface area contributed by atoms with Crippen molar-refractivity contribution < 1.29 is 9.53 Å². The number of thiophene rings is 1. The highest BCUT2D eigenvalue weighted by Gasteiger charge is 2.01. The highest BCUT2D eigenvalue weighted by atomic mass is 32.1. The molecule has 0 aliphatic heterocycles. The van der Waals surface area contributed by atoms with E-state index in [1.54, 1.807) is 11.3 Å². The average Bonchev–Trinajstić information content (AvgIpc) is 2.71. The van der Waals surface area contributed by atoms with Crippen LogP contribution in [-0.4, -0.2) is 19.1 Å². The zero-order valence-electron chi connectivity index (χ0n) is 8.99. The Morgan fingerprint density at radius 2 is 2.47 bits per heavy atom. The maximum absolute atomic E-state index is 11.2. The minimum absolute atomic E-state index is 0.168. The van der Waals surface area contributed by atoms with Crippen molar-refractivity contribution in [1.82, 2.24) is 5.32 Å². The van der Waals surface area contributed by atoms with Crippen molar-refractivity contribution >= 4 is 17.3 Å². The summed E-state index contributed by atoms with van der Waals surface area (Å²) in [5.41, 5.74) is 1.21. The summed E-state index contributed by atoms with van der Waals surface area (Å²) in [4.78, 5) is 11.2. The van der Waals surface area contributed by atoms with Crippen molar-refractivity contribution in [1.29, 1.82) is 0 Å². The summed E-state index contributed by atoms with van der Waals surface area (Å²) in [6.45, 7) is 3.63. The molecule has 1 N–H and O–H groups in total. The minimum atomic E-state index is -0.168. The molecule has 84 valence electrons. The van der Waals surface area contributed by atoms with Crippen LogP contribution in [0.25, 0.3) is 0 Å². The van der Waals surface area contributed by atoms with Crippen LogP contribution in [0.3, 0.4) is 0 Å². The van der Waals surface area contributed by atoms with E-state index < -0.39 is 0 Å². The summed E-state index contributed by atoms with van der Waals surface area (Å²) in [5.74, 6) is -0.168. The molecule has 0 saturated heterocycles. The van der Waals surface area contributed by atoms with E-state index in [1.807, 2.05) is 11.4 Å². The number of ether oxygens (including phenoxy) is 1. The Labute approximate surface area is 94.5 Å². The van der Waals surface area contributed by atoms with Gasteiger partial charge in [-0.1, -0.05) is 13.3 Å². The SMILES string of the molecule is CCCCOC(=O)CNCc1ccsc1. The van der Waals surface area contributed by atoms with Crippen LogP contribution in [0.5, 0.6) is 0 Å². The van der Waals surface area contributed by atoms with Gasteiger partial charge < -0.3 is 10.1 Å². The maximum atomic E-state index is 11.2. The quantitative estimate of drug-likeness (QED) is 0.573. The first-order chi connectivity index (χ1) is 7.33. The van der Waals surface area contributed by atoms with Crippen molar-refractivity contribution in [3.8, 4) is 0 Å². The number of hydrogen-bond donors (Lipinski definition) is 1. The van der Waals surface area contributed by atoms with Crippen LogP contribution in [0.4, 0.5) is 0 Å². The third-order valence-corrected chi connectivity index (χ3v) is 2.67. The van der Waals surface area contributed by atoms with Crippen molar-refractivity contribution in [2.75, 3.05) is 13.2 Å². The van der Waals surface area contributed by atoms with Crippen molar-refractivity contribution in [3.63, 3.8) is 0 Å². The Morgan fingerprint density at radius 3 is 3.13 bits per heavy atom. The Kier molecular flexibility index (Phi) is 6.04. The van der Waals surface area contributed by atoms with Gasteiger partial charge in [-0.05, 0) is 28.8 Å². The number of esters is 1. The second-order valence-electron chi connectivity index (χ2n) is 3.31. The Balaban J connectivity index is 2.02. The molecule has 0 aliphatic rings. The number of hydrogen-bond acceptors (Lipinski definition) is 4. The molecule has 0 amide bonds. The third-order valence-electron chi connectivity index (χ3n) is 1.94. The molecule has 0 fully saturated rings. The van der Waals surface area contributed by atoms with E-state index in [-0.39, 0.29) is 5.97 Å². The second kappa shape index (κ2) is 7.43. The van der Waals surface area contributed by atoms with E-state index in [0.29, 0.717) is 13.2 Å². The molecule has 0 aromatic carbocycles. The monoisotopic (exact) mass is 227 g/mol. The van der Waals surface area contributed by atoms with E-state index in [1.165, 1.54) is 5.56 Å². The molecule has 1 rings (SSSR count). The van der Waals surface area contributed by atoms with Gasteiger partial charge in [0.1, 0.15) is 0 Å². The summed E-state index contributed by atoms with van der Waals surface area (Å²) < 4.78 is 5.00. The van der Waals surface area contributed by atoms with E-state index in [4.69, 9.17) is 4.74 Å². The number of nitrogens with one attached hydrogen (secondary N) is 1. The molecule has 1 aromatic heterocycles. The second-order valence-corrected chi connectivity index (χ2v) is 4.09. The van der Waals surface area contributed by atoms with E-state index >= 15 is 0 Å². The highest BCUT2D eigenvalue weighted by Crippen LogP contribution is 2.04. The van der Waals surface area contributed by atoms with E-state index in [2.05, 4.69) is 17.6 Å². The van der Waals surface area contributed by atoms with Crippen LogP contribution in [0.2, 0.25) is 0 Å². The molecule has 0 unspecified atom stereocenters. The maximum Gasteiger partial charge on any atom is 0.319 e. The predicted octanol–water partition coefficient (Wildman–Crippen LogP) is 2.18. The van der Waals surface area contributed by atoms with Crippen molar-refractivity contribution in [2.24, 2.45) is 0 Å². The zero-order valence-corrected chi connectivity index (χ0v) is 9.81. The fourth-order valence-electron chi connectivity index (χ4n) is 1.08. The van der Waals surface area contributed by atoms with Gasteiger partial charge >= 0.3 is 5.97 Å². The van der Waals surface area contributed by atoms with Crippen LogP contribution >= 0.6 is 11.3 Å². The van der Waals surface area contributed by atoms with Crippen molar-refractivity contribution in [2.45, 2.75) is 26.3 Å². The largest absolute Gasteiger partial charge is 0.465 e. The van der Waals surface area contributed by atoms with Crippen LogP contribution in [-0.2, 0) is 16.1 Å². The molecule has 0 aliphatic carbocycles. The topological polar surface area (TPSA) is 38.3 Å². The summed E-state index contributed by atoms with van der Waals surface area (Å²) in [6, 6.07) is 2.04. The predicted molar refractivity (Wildman–Crippen MR) is 61.9 cm³/mol. The normalized spacial score (nSPS) is 10.2. The van der Waals surface area contributed by atoms with Crippen LogP contribution < -0.4 is 5.32 Å². The molecule has 0 atom stereocenters. The molecule has 15 heavy (non-hydrogen) atoms. The number of unbranched alkanes of at least 4 members (excludes halogenated alkanes) is 1. The van der Waals surface area contributed by atoms with Gasteiger partial charge in [-0.3, -0.25) is 4.79 Å². The van der Waals surface area contributed by atoms with Gasteiger partial charge in [0.05, 0.1) is 13.2 Å². The molecule has 0 radical (unpaired) electrons. The molecule has 1 heterocycles. The molecule has 0 bridgehead atoms.